The summed E-state index contributed by atoms with van der Waals surface area (Å²) in [7, 11) is 0. The lowest BCUT2D eigenvalue weighted by Gasteiger charge is -2.35. The zero-order chi connectivity index (χ0) is 16.6. The summed E-state index contributed by atoms with van der Waals surface area (Å²) in [4.78, 5) is 24.7. The third-order valence-corrected chi connectivity index (χ3v) is 4.04. The summed E-state index contributed by atoms with van der Waals surface area (Å²) in [5.74, 6) is 0.0304. The molecule has 3 rings (SSSR count). The minimum Gasteiger partial charge on any atom is -0.372 e. The topological polar surface area (TPSA) is 77.6 Å². The lowest BCUT2D eigenvalue weighted by atomic mass is 10.2. The van der Waals surface area contributed by atoms with Crippen molar-refractivity contribution in [3.05, 3.63) is 40.6 Å². The fraction of sp³-hybridized carbons (Fsp3) is 0.438. The van der Waals surface area contributed by atoms with Crippen LogP contribution in [0.1, 0.15) is 13.8 Å². The second-order valence-corrected chi connectivity index (χ2v) is 6.00. The van der Waals surface area contributed by atoms with E-state index in [1.165, 1.54) is 12.1 Å². The Kier molecular flexibility index (Phi) is 4.04. The molecule has 0 unspecified atom stereocenters. The average Bonchev–Trinajstić information content (AvgIpc) is 2.88. The summed E-state index contributed by atoms with van der Waals surface area (Å²) in [6.45, 7) is 5.32. The van der Waals surface area contributed by atoms with Gasteiger partial charge >= 0.3 is 0 Å². The van der Waals surface area contributed by atoms with Gasteiger partial charge < -0.3 is 14.2 Å². The van der Waals surface area contributed by atoms with Gasteiger partial charge in [-0.25, -0.2) is 0 Å². The molecule has 7 heteroatoms. The number of aromatic nitrogens is 1. The number of hydrogen-bond acceptors (Lipinski definition) is 4. The number of ether oxygens (including phenoxy) is 1. The van der Waals surface area contributed by atoms with E-state index in [1.54, 1.807) is 18.3 Å². The smallest absolute Gasteiger partial charge is 0.270 e. The van der Waals surface area contributed by atoms with Crippen LogP contribution in [-0.2, 0) is 16.1 Å². The standard InChI is InChI=1S/C16H19N3O4/c1-11-8-18(9-12(2)23-11)16(20)10-17-6-5-13-7-14(19(21)22)3-4-15(13)17/h3-7,11-12H,8-10H2,1-2H3/t11-,12-/m1/s1. The van der Waals surface area contributed by atoms with Crippen LogP contribution < -0.4 is 0 Å². The maximum absolute atomic E-state index is 12.5. The number of carbonyl (C=O) groups is 1. The predicted molar refractivity (Wildman–Crippen MR) is 85.2 cm³/mol. The fourth-order valence-corrected chi connectivity index (χ4v) is 3.07. The summed E-state index contributed by atoms with van der Waals surface area (Å²) in [6.07, 6.45) is 1.86. The van der Waals surface area contributed by atoms with Crippen LogP contribution in [0.25, 0.3) is 10.9 Å². The maximum atomic E-state index is 12.5. The average molecular weight is 317 g/mol. The molecule has 23 heavy (non-hydrogen) atoms. The van der Waals surface area contributed by atoms with Gasteiger partial charge in [-0.15, -0.1) is 0 Å². The zero-order valence-corrected chi connectivity index (χ0v) is 13.1. The molecule has 1 aromatic heterocycles. The van der Waals surface area contributed by atoms with E-state index < -0.39 is 4.92 Å². The van der Waals surface area contributed by atoms with Crippen molar-refractivity contribution in [1.82, 2.24) is 9.47 Å². The van der Waals surface area contributed by atoms with Crippen LogP contribution in [0.4, 0.5) is 5.69 Å². The highest BCUT2D eigenvalue weighted by atomic mass is 16.6. The molecular formula is C16H19N3O4. The molecule has 1 aliphatic heterocycles. The largest absolute Gasteiger partial charge is 0.372 e. The molecule has 1 aliphatic rings. The van der Waals surface area contributed by atoms with Crippen LogP contribution in [-0.4, -0.2) is 45.6 Å². The van der Waals surface area contributed by atoms with E-state index in [0.29, 0.717) is 13.1 Å². The number of amides is 1. The Hall–Kier alpha value is -2.41. The molecule has 1 saturated heterocycles. The number of non-ortho nitro benzene ring substituents is 1. The molecule has 0 saturated carbocycles. The van der Waals surface area contributed by atoms with Crippen molar-refractivity contribution in [2.45, 2.75) is 32.6 Å². The molecule has 122 valence electrons. The number of morpholine rings is 1. The zero-order valence-electron chi connectivity index (χ0n) is 13.1. The fourth-order valence-electron chi connectivity index (χ4n) is 3.07. The summed E-state index contributed by atoms with van der Waals surface area (Å²) in [5, 5.41) is 11.6. The van der Waals surface area contributed by atoms with Crippen molar-refractivity contribution in [2.24, 2.45) is 0 Å². The normalized spacial score (nSPS) is 21.6. The van der Waals surface area contributed by atoms with Crippen molar-refractivity contribution in [2.75, 3.05) is 13.1 Å². The van der Waals surface area contributed by atoms with E-state index >= 15 is 0 Å². The number of nitrogens with zero attached hydrogens (tertiary/aromatic N) is 3. The molecule has 1 amide bonds. The maximum Gasteiger partial charge on any atom is 0.270 e. The molecule has 1 fully saturated rings. The monoisotopic (exact) mass is 317 g/mol. The van der Waals surface area contributed by atoms with Crippen LogP contribution in [0.2, 0.25) is 0 Å². The lowest BCUT2D eigenvalue weighted by molar-refractivity contribution is -0.384. The van der Waals surface area contributed by atoms with Gasteiger partial charge in [0.2, 0.25) is 5.91 Å². The van der Waals surface area contributed by atoms with Gasteiger partial charge in [-0.05, 0) is 26.0 Å². The minimum absolute atomic E-state index is 0.0304. The first-order valence-corrected chi connectivity index (χ1v) is 7.60. The highest BCUT2D eigenvalue weighted by molar-refractivity contribution is 5.85. The number of benzene rings is 1. The Labute approximate surface area is 133 Å². The molecule has 2 heterocycles. The first kappa shape index (κ1) is 15.5. The molecule has 0 spiro atoms. The van der Waals surface area contributed by atoms with Crippen LogP contribution in [0, 0.1) is 10.1 Å². The molecule has 0 bridgehead atoms. The van der Waals surface area contributed by atoms with Gasteiger partial charge in [0.15, 0.2) is 0 Å². The Morgan fingerprint density at radius 2 is 2.00 bits per heavy atom. The van der Waals surface area contributed by atoms with E-state index in [-0.39, 0.29) is 30.3 Å². The van der Waals surface area contributed by atoms with Crippen LogP contribution in [0.3, 0.4) is 0 Å². The highest BCUT2D eigenvalue weighted by Crippen LogP contribution is 2.22. The lowest BCUT2D eigenvalue weighted by Crippen LogP contribution is -2.49. The van der Waals surface area contributed by atoms with Gasteiger partial charge in [-0.1, -0.05) is 0 Å². The third kappa shape index (κ3) is 3.19. The molecule has 0 radical (unpaired) electrons. The third-order valence-electron chi connectivity index (χ3n) is 4.04. The van der Waals surface area contributed by atoms with Gasteiger partial charge in [-0.3, -0.25) is 14.9 Å². The first-order valence-electron chi connectivity index (χ1n) is 7.60. The second kappa shape index (κ2) is 6.00. The SMILES string of the molecule is C[C@@H]1CN(C(=O)Cn2ccc3cc([N+](=O)[O-])ccc32)C[C@@H](C)O1. The number of rotatable bonds is 3. The number of hydrogen-bond donors (Lipinski definition) is 0. The van der Waals surface area contributed by atoms with Crippen molar-refractivity contribution in [3.63, 3.8) is 0 Å². The van der Waals surface area contributed by atoms with Crippen LogP contribution >= 0.6 is 0 Å². The summed E-state index contributed by atoms with van der Waals surface area (Å²) >= 11 is 0. The van der Waals surface area contributed by atoms with Crippen LogP contribution in [0.5, 0.6) is 0 Å². The van der Waals surface area contributed by atoms with Gasteiger partial charge in [0, 0.05) is 42.3 Å². The summed E-state index contributed by atoms with van der Waals surface area (Å²) < 4.78 is 7.47. The Balaban J connectivity index is 1.78. The number of nitro groups is 1. The van der Waals surface area contributed by atoms with Crippen molar-refractivity contribution in [3.8, 4) is 0 Å². The first-order chi connectivity index (χ1) is 10.9. The molecule has 2 atom stereocenters. The quantitative estimate of drug-likeness (QED) is 0.642. The van der Waals surface area contributed by atoms with Gasteiger partial charge in [0.05, 0.1) is 17.1 Å². The van der Waals surface area contributed by atoms with E-state index in [0.717, 1.165) is 10.9 Å². The Bertz CT molecular complexity index is 745. The van der Waals surface area contributed by atoms with E-state index in [4.69, 9.17) is 4.74 Å². The Morgan fingerprint density at radius 3 is 2.65 bits per heavy atom. The van der Waals surface area contributed by atoms with Gasteiger partial charge in [0.1, 0.15) is 6.54 Å². The van der Waals surface area contributed by atoms with E-state index in [2.05, 4.69) is 0 Å². The number of fused-ring (bicyclic) bond motifs is 1. The molecule has 0 aliphatic carbocycles. The molecular weight excluding hydrogens is 298 g/mol. The van der Waals surface area contributed by atoms with E-state index in [1.807, 2.05) is 23.3 Å². The van der Waals surface area contributed by atoms with E-state index in [9.17, 15) is 14.9 Å². The number of nitro benzene ring substituents is 1. The number of carbonyl (C=O) groups excluding carboxylic acids is 1. The molecule has 7 nitrogen and oxygen atoms in total. The Morgan fingerprint density at radius 1 is 1.30 bits per heavy atom. The molecule has 1 aromatic carbocycles. The minimum atomic E-state index is -0.418. The highest BCUT2D eigenvalue weighted by Gasteiger charge is 2.26. The summed E-state index contributed by atoms with van der Waals surface area (Å²) in [5.41, 5.74) is 0.871. The van der Waals surface area contributed by atoms with Crippen LogP contribution in [0.15, 0.2) is 30.5 Å². The predicted octanol–water partition coefficient (Wildman–Crippen LogP) is 2.19. The second-order valence-electron chi connectivity index (χ2n) is 6.00. The van der Waals surface area contributed by atoms with Crippen molar-refractivity contribution in [1.29, 1.82) is 0 Å². The van der Waals surface area contributed by atoms with Gasteiger partial charge in [-0.2, -0.15) is 0 Å². The van der Waals surface area contributed by atoms with Crippen molar-refractivity contribution >= 4 is 22.5 Å². The van der Waals surface area contributed by atoms with Gasteiger partial charge in [0.25, 0.3) is 5.69 Å². The molecule has 2 aromatic rings. The summed E-state index contributed by atoms with van der Waals surface area (Å²) in [6, 6.07) is 6.46. The van der Waals surface area contributed by atoms with Crippen molar-refractivity contribution < 1.29 is 14.5 Å². The molecule has 0 N–H and O–H groups in total.